The summed E-state index contributed by atoms with van der Waals surface area (Å²) in [5, 5.41) is 0. The predicted molar refractivity (Wildman–Crippen MR) is 84.5 cm³/mol. The van der Waals surface area contributed by atoms with Gasteiger partial charge in [-0.15, -0.1) is 0 Å². The van der Waals surface area contributed by atoms with Gasteiger partial charge in [0.25, 0.3) is 0 Å². The van der Waals surface area contributed by atoms with Crippen molar-refractivity contribution in [3.63, 3.8) is 0 Å². The van der Waals surface area contributed by atoms with Crippen LogP contribution in [0.1, 0.15) is 19.1 Å². The Labute approximate surface area is 143 Å². The summed E-state index contributed by atoms with van der Waals surface area (Å²) in [6.45, 7) is -0.363. The number of aromatic nitrogens is 2. The van der Waals surface area contributed by atoms with Crippen molar-refractivity contribution in [3.8, 4) is 0 Å². The molecule has 1 fully saturated rings. The third-order valence-electron chi connectivity index (χ3n) is 2.99. The van der Waals surface area contributed by atoms with Crippen LogP contribution in [0.2, 0.25) is 0 Å². The molecule has 2 rings (SSSR count). The molecule has 16 heteroatoms. The highest BCUT2D eigenvalue weighted by molar-refractivity contribution is 7.62. The summed E-state index contributed by atoms with van der Waals surface area (Å²) < 4.78 is 31.3. The standard InChI is InChI=1S/C9H16N3O10P3/c10-7-3-4-12(9(13)11-7)8-2-1-6(20-8)5-19-25(17,18)22-24(16)21-23(14)15/h3-4,6,8,14-16H,1-2,5H2,(H,17,18)(H2,10,11,13). The third-order valence-corrected chi connectivity index (χ3v) is 5.99. The fourth-order valence-electron chi connectivity index (χ4n) is 2.03. The molecule has 0 spiro atoms. The molecule has 0 amide bonds. The maximum Gasteiger partial charge on any atom is 0.479 e. The highest BCUT2D eigenvalue weighted by atomic mass is 31.3. The number of phosphoric ester groups is 1. The molecule has 1 aliphatic heterocycles. The lowest BCUT2D eigenvalue weighted by Crippen LogP contribution is -2.27. The first-order valence-corrected chi connectivity index (χ1v) is 10.5. The molecule has 0 aromatic carbocycles. The number of nitrogen functional groups attached to an aromatic ring is 1. The van der Waals surface area contributed by atoms with Crippen LogP contribution in [0, 0.1) is 0 Å². The molecule has 1 saturated heterocycles. The molecule has 4 atom stereocenters. The van der Waals surface area contributed by atoms with Gasteiger partial charge < -0.3 is 30.0 Å². The molecule has 0 radical (unpaired) electrons. The molecule has 2 heterocycles. The first kappa shape index (κ1) is 20.8. The highest BCUT2D eigenvalue weighted by Gasteiger charge is 2.33. The second-order valence-corrected chi connectivity index (χ2v) is 8.23. The van der Waals surface area contributed by atoms with Gasteiger partial charge in [-0.1, -0.05) is 0 Å². The Kier molecular flexibility index (Phi) is 7.39. The van der Waals surface area contributed by atoms with E-state index in [0.717, 1.165) is 0 Å². The molecule has 6 N–H and O–H groups in total. The first-order chi connectivity index (χ1) is 11.7. The molecule has 1 aromatic heterocycles. The molecule has 0 saturated carbocycles. The summed E-state index contributed by atoms with van der Waals surface area (Å²) in [6, 6.07) is 1.44. The van der Waals surface area contributed by atoms with Crippen molar-refractivity contribution in [1.29, 1.82) is 0 Å². The fraction of sp³-hybridized carbons (Fsp3) is 0.556. The third kappa shape index (κ3) is 6.59. The Hall–Kier alpha value is -0.550. The van der Waals surface area contributed by atoms with Gasteiger partial charge in [-0.05, 0) is 18.9 Å². The average Bonchev–Trinajstić information content (AvgIpc) is 2.92. The Morgan fingerprint density at radius 2 is 2.16 bits per heavy atom. The second kappa shape index (κ2) is 8.90. The van der Waals surface area contributed by atoms with E-state index in [1.165, 1.54) is 16.8 Å². The normalized spacial score (nSPS) is 24.4. The van der Waals surface area contributed by atoms with E-state index in [0.29, 0.717) is 12.8 Å². The summed E-state index contributed by atoms with van der Waals surface area (Å²) in [5.74, 6) is 0.0784. The van der Waals surface area contributed by atoms with Crippen LogP contribution >= 0.6 is 25.0 Å². The topological polar surface area (TPSA) is 196 Å². The minimum absolute atomic E-state index is 0.0784. The number of ether oxygens (including phenoxy) is 1. The lowest BCUT2D eigenvalue weighted by atomic mass is 10.2. The van der Waals surface area contributed by atoms with Crippen molar-refractivity contribution < 1.29 is 42.0 Å². The monoisotopic (exact) mass is 419 g/mol. The fourth-order valence-corrected chi connectivity index (χ4v) is 4.16. The number of phosphoric acid groups is 1. The van der Waals surface area contributed by atoms with E-state index in [-0.39, 0.29) is 12.4 Å². The molecule has 1 aliphatic rings. The summed E-state index contributed by atoms with van der Waals surface area (Å²) in [4.78, 5) is 50.8. The van der Waals surface area contributed by atoms with Crippen LogP contribution in [0.5, 0.6) is 0 Å². The Balaban J connectivity index is 1.84. The quantitative estimate of drug-likeness (QED) is 0.357. The van der Waals surface area contributed by atoms with Crippen LogP contribution in [-0.2, 0) is 22.4 Å². The highest BCUT2D eigenvalue weighted by Crippen LogP contribution is 2.59. The van der Waals surface area contributed by atoms with Gasteiger partial charge in [-0.25, -0.2) is 18.0 Å². The van der Waals surface area contributed by atoms with Gasteiger partial charge in [-0.3, -0.25) is 9.09 Å². The van der Waals surface area contributed by atoms with Crippen molar-refractivity contribution in [2.45, 2.75) is 25.2 Å². The molecule has 13 nitrogen and oxygen atoms in total. The number of nitrogens with zero attached hydrogens (tertiary/aromatic N) is 2. The van der Waals surface area contributed by atoms with Gasteiger partial charge in [0, 0.05) is 6.20 Å². The summed E-state index contributed by atoms with van der Waals surface area (Å²) >= 11 is 0. The van der Waals surface area contributed by atoms with E-state index in [2.05, 4.69) is 18.1 Å². The lowest BCUT2D eigenvalue weighted by Gasteiger charge is -2.18. The van der Waals surface area contributed by atoms with Gasteiger partial charge in [0.05, 0.1) is 12.7 Å². The number of anilines is 1. The summed E-state index contributed by atoms with van der Waals surface area (Å²) in [6.07, 6.45) is 1.04. The van der Waals surface area contributed by atoms with E-state index in [9.17, 15) is 14.3 Å². The molecule has 25 heavy (non-hydrogen) atoms. The number of hydrogen-bond donors (Lipinski definition) is 5. The minimum atomic E-state index is -4.70. The molecule has 0 bridgehead atoms. The van der Waals surface area contributed by atoms with Crippen molar-refractivity contribution in [2.24, 2.45) is 0 Å². The maximum absolute atomic E-state index is 11.7. The van der Waals surface area contributed by atoms with E-state index < -0.39 is 43.0 Å². The van der Waals surface area contributed by atoms with Crippen LogP contribution in [0.25, 0.3) is 0 Å². The number of nitrogens with two attached hydrogens (primary N) is 1. The van der Waals surface area contributed by atoms with Gasteiger partial charge >= 0.3 is 30.7 Å². The smallest absolute Gasteiger partial charge is 0.383 e. The summed E-state index contributed by atoms with van der Waals surface area (Å²) in [5.41, 5.74) is 4.81. The van der Waals surface area contributed by atoms with Crippen LogP contribution in [0.3, 0.4) is 0 Å². The molecule has 142 valence electrons. The van der Waals surface area contributed by atoms with E-state index in [1.807, 2.05) is 0 Å². The molecule has 4 unspecified atom stereocenters. The molecule has 1 aromatic rings. The second-order valence-electron chi connectivity index (χ2n) is 4.75. The SMILES string of the molecule is Nc1ccn(C2CCC(COP(=O)(O)OP(O)OP(O)O)O2)c(=O)n1. The predicted octanol–water partition coefficient (Wildman–Crippen LogP) is 0.0840. The van der Waals surface area contributed by atoms with E-state index >= 15 is 0 Å². The average molecular weight is 419 g/mol. The molecular formula is C9H16N3O10P3. The zero-order valence-electron chi connectivity index (χ0n) is 12.5. The van der Waals surface area contributed by atoms with Crippen LogP contribution in [0.4, 0.5) is 5.82 Å². The Bertz CT molecular complexity index is 687. The Morgan fingerprint density at radius 1 is 1.44 bits per heavy atom. The first-order valence-electron chi connectivity index (χ1n) is 6.68. The minimum Gasteiger partial charge on any atom is -0.383 e. The van der Waals surface area contributed by atoms with Crippen LogP contribution in [-0.4, -0.2) is 41.8 Å². The zero-order valence-corrected chi connectivity index (χ0v) is 15.2. The van der Waals surface area contributed by atoms with Crippen LogP contribution < -0.4 is 11.4 Å². The largest absolute Gasteiger partial charge is 0.479 e. The molecule has 0 aliphatic carbocycles. The van der Waals surface area contributed by atoms with Crippen molar-refractivity contribution in [2.75, 3.05) is 12.3 Å². The Morgan fingerprint density at radius 3 is 2.80 bits per heavy atom. The van der Waals surface area contributed by atoms with Crippen molar-refractivity contribution in [1.82, 2.24) is 9.55 Å². The van der Waals surface area contributed by atoms with Crippen LogP contribution in [0.15, 0.2) is 17.1 Å². The maximum atomic E-state index is 11.7. The van der Waals surface area contributed by atoms with Gasteiger partial charge in [-0.2, -0.15) is 4.98 Å². The zero-order chi connectivity index (χ0) is 18.6. The number of hydrogen-bond acceptors (Lipinski definition) is 11. The van der Waals surface area contributed by atoms with Gasteiger partial charge in [0.15, 0.2) is 0 Å². The van der Waals surface area contributed by atoms with Gasteiger partial charge in [0.1, 0.15) is 12.0 Å². The summed E-state index contributed by atoms with van der Waals surface area (Å²) in [7, 11) is -10.7. The van der Waals surface area contributed by atoms with Gasteiger partial charge in [0.2, 0.25) is 0 Å². The number of rotatable bonds is 8. The van der Waals surface area contributed by atoms with E-state index in [4.69, 9.17) is 25.2 Å². The van der Waals surface area contributed by atoms with Crippen molar-refractivity contribution >= 4 is 30.8 Å². The van der Waals surface area contributed by atoms with E-state index in [1.54, 1.807) is 0 Å². The molecular weight excluding hydrogens is 403 g/mol. The lowest BCUT2D eigenvalue weighted by molar-refractivity contribution is -0.0239. The van der Waals surface area contributed by atoms with Crippen molar-refractivity contribution in [3.05, 3.63) is 22.7 Å².